The Morgan fingerprint density at radius 1 is 1.09 bits per heavy atom. The lowest BCUT2D eigenvalue weighted by molar-refractivity contribution is -0.142. The molecule has 3 heterocycles. The Balaban J connectivity index is 1.47. The van der Waals surface area contributed by atoms with E-state index in [1.54, 1.807) is 23.6 Å². The molecule has 1 spiro atoms. The van der Waals surface area contributed by atoms with Crippen LogP contribution in [0, 0.1) is 11.8 Å². The summed E-state index contributed by atoms with van der Waals surface area (Å²) in [5.41, 5.74) is 1.66. The van der Waals surface area contributed by atoms with Crippen LogP contribution >= 0.6 is 11.8 Å². The molecular formula is C27H31N3O4S. The number of likely N-dealkylation sites (tertiary alicyclic amines) is 1. The Morgan fingerprint density at radius 2 is 1.74 bits per heavy atom. The lowest BCUT2D eigenvalue weighted by atomic mass is 9.66. The molecule has 2 aromatic carbocycles. The molecule has 2 unspecified atom stereocenters. The van der Waals surface area contributed by atoms with Crippen LogP contribution in [0.4, 0.5) is 5.69 Å². The van der Waals surface area contributed by atoms with E-state index < -0.39 is 33.4 Å². The quantitative estimate of drug-likeness (QED) is 0.551. The highest BCUT2D eigenvalue weighted by atomic mass is 32.2. The molecule has 0 aromatic heterocycles. The van der Waals surface area contributed by atoms with Gasteiger partial charge in [-0.3, -0.25) is 14.4 Å². The largest absolute Gasteiger partial charge is 0.394 e. The van der Waals surface area contributed by atoms with Crippen molar-refractivity contribution in [1.29, 1.82) is 0 Å². The van der Waals surface area contributed by atoms with E-state index in [0.29, 0.717) is 18.7 Å². The molecule has 184 valence electrons. The van der Waals surface area contributed by atoms with Crippen molar-refractivity contribution in [3.8, 4) is 0 Å². The van der Waals surface area contributed by atoms with Crippen molar-refractivity contribution < 1.29 is 19.5 Å². The van der Waals surface area contributed by atoms with Gasteiger partial charge >= 0.3 is 0 Å². The summed E-state index contributed by atoms with van der Waals surface area (Å²) in [6.07, 6.45) is 1.43. The zero-order valence-electron chi connectivity index (χ0n) is 19.9. The van der Waals surface area contributed by atoms with Gasteiger partial charge in [0.1, 0.15) is 6.04 Å². The zero-order valence-corrected chi connectivity index (χ0v) is 20.8. The van der Waals surface area contributed by atoms with Gasteiger partial charge in [-0.25, -0.2) is 0 Å². The van der Waals surface area contributed by atoms with Gasteiger partial charge in [-0.05, 0) is 44.4 Å². The molecule has 8 heteroatoms. The highest BCUT2D eigenvalue weighted by Gasteiger charge is 2.77. The summed E-state index contributed by atoms with van der Waals surface area (Å²) in [6, 6.07) is 17.6. The van der Waals surface area contributed by atoms with Gasteiger partial charge in [-0.15, -0.1) is 11.8 Å². The van der Waals surface area contributed by atoms with E-state index in [1.807, 2.05) is 67.6 Å². The van der Waals surface area contributed by atoms with Gasteiger partial charge in [0.15, 0.2) is 0 Å². The third-order valence-corrected chi connectivity index (χ3v) is 9.82. The molecule has 2 aromatic rings. The molecule has 0 radical (unpaired) electrons. The Kier molecular flexibility index (Phi) is 6.13. The second kappa shape index (κ2) is 8.99. The van der Waals surface area contributed by atoms with Crippen molar-refractivity contribution in [3.05, 3.63) is 66.2 Å². The van der Waals surface area contributed by atoms with Gasteiger partial charge in [0, 0.05) is 17.0 Å². The molecule has 3 saturated heterocycles. The van der Waals surface area contributed by atoms with Crippen molar-refractivity contribution in [2.45, 2.75) is 54.8 Å². The van der Waals surface area contributed by atoms with Crippen LogP contribution in [-0.4, -0.2) is 55.9 Å². The minimum Gasteiger partial charge on any atom is -0.394 e. The van der Waals surface area contributed by atoms with E-state index >= 15 is 0 Å². The fourth-order valence-electron chi connectivity index (χ4n) is 6.25. The summed E-state index contributed by atoms with van der Waals surface area (Å²) in [4.78, 5) is 42.7. The first-order valence-corrected chi connectivity index (χ1v) is 12.9. The third-order valence-electron chi connectivity index (χ3n) is 7.84. The number of aliphatic hydroxyl groups excluding tert-OH is 1. The molecule has 3 fully saturated rings. The smallest absolute Gasteiger partial charge is 0.244 e. The van der Waals surface area contributed by atoms with Crippen molar-refractivity contribution in [3.63, 3.8) is 0 Å². The molecule has 3 aliphatic rings. The number of carbonyl (C=O) groups is 3. The number of rotatable bonds is 7. The molecule has 6 atom stereocenters. The van der Waals surface area contributed by atoms with Gasteiger partial charge < -0.3 is 20.6 Å². The number of nitrogens with zero attached hydrogens (tertiary/aromatic N) is 1. The number of amides is 3. The first-order chi connectivity index (χ1) is 16.8. The van der Waals surface area contributed by atoms with Crippen molar-refractivity contribution in [1.82, 2.24) is 10.2 Å². The summed E-state index contributed by atoms with van der Waals surface area (Å²) in [5.74, 6) is -1.81. The summed E-state index contributed by atoms with van der Waals surface area (Å²) < 4.78 is -1.14. The second-order valence-corrected chi connectivity index (χ2v) is 12.0. The van der Waals surface area contributed by atoms with Crippen LogP contribution in [0.3, 0.4) is 0 Å². The number of hydrogen-bond acceptors (Lipinski definition) is 5. The Bertz CT molecular complexity index is 1130. The van der Waals surface area contributed by atoms with E-state index in [9.17, 15) is 19.5 Å². The lowest BCUT2D eigenvalue weighted by Gasteiger charge is -2.36. The topological polar surface area (TPSA) is 98.7 Å². The van der Waals surface area contributed by atoms with Crippen LogP contribution in [0.1, 0.15) is 32.3 Å². The average Bonchev–Trinajstić information content (AvgIpc) is 3.44. The van der Waals surface area contributed by atoms with E-state index in [4.69, 9.17) is 0 Å². The third kappa shape index (κ3) is 3.83. The number of hydrogen-bond donors (Lipinski definition) is 3. The molecule has 0 aliphatic carbocycles. The number of thioether (sulfide) groups is 1. The Labute approximate surface area is 209 Å². The molecule has 0 saturated carbocycles. The molecular weight excluding hydrogens is 462 g/mol. The lowest BCUT2D eigenvalue weighted by Crippen LogP contribution is -2.55. The minimum atomic E-state index is -0.743. The number of aliphatic hydroxyl groups is 1. The first-order valence-electron chi connectivity index (χ1n) is 12.1. The fourth-order valence-corrected chi connectivity index (χ4v) is 8.59. The predicted molar refractivity (Wildman–Crippen MR) is 135 cm³/mol. The number of fused-ring (bicyclic) bond motifs is 1. The highest BCUT2D eigenvalue weighted by Crippen LogP contribution is 2.71. The maximum Gasteiger partial charge on any atom is 0.244 e. The maximum absolute atomic E-state index is 13.9. The van der Waals surface area contributed by atoms with Gasteiger partial charge in [-0.1, -0.05) is 48.5 Å². The minimum absolute atomic E-state index is 0.187. The summed E-state index contributed by atoms with van der Waals surface area (Å²) in [7, 11) is 0. The first kappa shape index (κ1) is 23.9. The van der Waals surface area contributed by atoms with Crippen LogP contribution in [0.5, 0.6) is 0 Å². The maximum atomic E-state index is 13.9. The van der Waals surface area contributed by atoms with E-state index in [1.165, 1.54) is 0 Å². The van der Waals surface area contributed by atoms with E-state index in [0.717, 1.165) is 12.0 Å². The number of nitrogens with one attached hydrogen (secondary N) is 2. The normalized spacial score (nSPS) is 31.8. The van der Waals surface area contributed by atoms with Crippen LogP contribution < -0.4 is 10.6 Å². The van der Waals surface area contributed by atoms with E-state index in [2.05, 4.69) is 10.6 Å². The van der Waals surface area contributed by atoms with Gasteiger partial charge in [-0.2, -0.15) is 0 Å². The molecule has 7 nitrogen and oxygen atoms in total. The van der Waals surface area contributed by atoms with Crippen molar-refractivity contribution in [2.75, 3.05) is 11.9 Å². The van der Waals surface area contributed by atoms with Crippen LogP contribution in [-0.2, 0) is 20.9 Å². The number of para-hydroxylation sites is 1. The van der Waals surface area contributed by atoms with Gasteiger partial charge in [0.2, 0.25) is 17.7 Å². The van der Waals surface area contributed by atoms with E-state index in [-0.39, 0.29) is 24.3 Å². The second-order valence-electron chi connectivity index (χ2n) is 10.1. The molecule has 2 bridgehead atoms. The van der Waals surface area contributed by atoms with Gasteiger partial charge in [0.05, 0.1) is 29.2 Å². The summed E-state index contributed by atoms with van der Waals surface area (Å²) in [5, 5.41) is 16.0. The summed E-state index contributed by atoms with van der Waals surface area (Å²) >= 11 is 1.63. The van der Waals surface area contributed by atoms with Crippen molar-refractivity contribution >= 4 is 35.2 Å². The monoisotopic (exact) mass is 493 g/mol. The molecule has 3 amide bonds. The highest BCUT2D eigenvalue weighted by molar-refractivity contribution is 8.02. The van der Waals surface area contributed by atoms with Crippen LogP contribution in [0.15, 0.2) is 60.7 Å². The standard InChI is InChI=1S/C27H31N3O4S/c1-17(16-31)30-22(24(33)28-15-18-9-5-3-6-10-18)27-14-13-26(2,35-27)20(21(27)25(30)34)23(32)29-19-11-7-4-8-12-19/h3-12,17,20-22,31H,13-16H2,1-2H3,(H,28,33)(H,29,32)/t17-,20+,21+,22?,26-,27?/m1/s1. The number of benzene rings is 2. The Morgan fingerprint density at radius 3 is 2.40 bits per heavy atom. The predicted octanol–water partition coefficient (Wildman–Crippen LogP) is 2.80. The molecule has 5 rings (SSSR count). The molecule has 3 N–H and O–H groups in total. The van der Waals surface area contributed by atoms with Gasteiger partial charge in [0.25, 0.3) is 0 Å². The summed E-state index contributed by atoms with van der Waals surface area (Å²) in [6.45, 7) is 3.91. The number of carbonyl (C=O) groups excluding carboxylic acids is 3. The molecule has 3 aliphatic heterocycles. The van der Waals surface area contributed by atoms with Crippen molar-refractivity contribution in [2.24, 2.45) is 11.8 Å². The zero-order chi connectivity index (χ0) is 24.8. The Hall–Kier alpha value is -2.84. The van der Waals surface area contributed by atoms with Crippen LogP contribution in [0.25, 0.3) is 0 Å². The fraction of sp³-hybridized carbons (Fsp3) is 0.444. The molecule has 35 heavy (non-hydrogen) atoms. The number of anilines is 1. The SMILES string of the molecule is C[C@H](CO)N1C(=O)[C@@H]2[C@@H](C(=O)Nc3ccccc3)[C@@]3(C)CCC2(S3)C1C(=O)NCc1ccccc1. The average molecular weight is 494 g/mol. The van der Waals surface area contributed by atoms with Crippen LogP contribution in [0.2, 0.25) is 0 Å².